The van der Waals surface area contributed by atoms with Crippen LogP contribution in [0.15, 0.2) is 29.3 Å². The molecular formula is C22H37IN4O3. The highest BCUT2D eigenvalue weighted by Crippen LogP contribution is 2.18. The summed E-state index contributed by atoms with van der Waals surface area (Å²) in [7, 11) is 1.77. The molecule has 1 aromatic rings. The molecule has 0 unspecified atom stereocenters. The Bertz CT molecular complexity index is 662. The number of hydrogen-bond donors (Lipinski definition) is 2. The topological polar surface area (TPSA) is 75.2 Å². The second kappa shape index (κ2) is 14.3. The number of guanidine groups is 1. The lowest BCUT2D eigenvalue weighted by Gasteiger charge is -2.32. The SMILES string of the molecule is CCOC(=O)N1CCC(NC(=NC)NCc2ccccc2OCCC(C)C)CC1.I. The molecule has 8 heteroatoms. The van der Waals surface area contributed by atoms with Crippen LogP contribution in [-0.2, 0) is 11.3 Å². The number of benzene rings is 1. The number of amides is 1. The van der Waals surface area contributed by atoms with Gasteiger partial charge in [-0.2, -0.15) is 0 Å². The molecule has 1 amide bonds. The molecule has 2 N–H and O–H groups in total. The van der Waals surface area contributed by atoms with Gasteiger partial charge in [-0.25, -0.2) is 4.79 Å². The molecule has 0 radical (unpaired) electrons. The maximum Gasteiger partial charge on any atom is 0.409 e. The number of hydrogen-bond acceptors (Lipinski definition) is 4. The van der Waals surface area contributed by atoms with E-state index in [-0.39, 0.29) is 36.1 Å². The van der Waals surface area contributed by atoms with Crippen LogP contribution in [0, 0.1) is 5.92 Å². The van der Waals surface area contributed by atoms with Crippen LogP contribution in [0.2, 0.25) is 0 Å². The fraction of sp³-hybridized carbons (Fsp3) is 0.636. The maximum absolute atomic E-state index is 11.8. The molecule has 2 rings (SSSR count). The number of nitrogens with one attached hydrogen (secondary N) is 2. The van der Waals surface area contributed by atoms with E-state index in [1.807, 2.05) is 25.1 Å². The fourth-order valence-corrected chi connectivity index (χ4v) is 3.18. The van der Waals surface area contributed by atoms with E-state index >= 15 is 0 Å². The van der Waals surface area contributed by atoms with Crippen molar-refractivity contribution >= 4 is 36.0 Å². The average Bonchev–Trinajstić information content (AvgIpc) is 2.72. The van der Waals surface area contributed by atoms with E-state index in [1.165, 1.54) is 0 Å². The van der Waals surface area contributed by atoms with Crippen molar-refractivity contribution in [3.05, 3.63) is 29.8 Å². The lowest BCUT2D eigenvalue weighted by Crippen LogP contribution is -2.49. The number of likely N-dealkylation sites (tertiary alicyclic amines) is 1. The third kappa shape index (κ3) is 8.97. The van der Waals surface area contributed by atoms with Crippen LogP contribution in [0.3, 0.4) is 0 Å². The first-order valence-corrected chi connectivity index (χ1v) is 10.6. The van der Waals surface area contributed by atoms with E-state index in [1.54, 1.807) is 11.9 Å². The van der Waals surface area contributed by atoms with Crippen molar-refractivity contribution in [1.29, 1.82) is 0 Å². The number of para-hydroxylation sites is 1. The molecule has 0 spiro atoms. The summed E-state index contributed by atoms with van der Waals surface area (Å²) in [6.45, 7) is 9.39. The van der Waals surface area contributed by atoms with E-state index in [4.69, 9.17) is 9.47 Å². The van der Waals surface area contributed by atoms with Gasteiger partial charge in [0.1, 0.15) is 5.75 Å². The molecule has 0 atom stereocenters. The standard InChI is InChI=1S/C22H36N4O3.HI/c1-5-28-22(27)26-13-10-19(11-14-26)25-21(23-4)24-16-18-8-6-7-9-20(18)29-15-12-17(2)3;/h6-9,17,19H,5,10-16H2,1-4H3,(H2,23,24,25);1H. The largest absolute Gasteiger partial charge is 0.493 e. The van der Waals surface area contributed by atoms with E-state index in [0.29, 0.717) is 32.2 Å². The van der Waals surface area contributed by atoms with Gasteiger partial charge in [0.05, 0.1) is 13.2 Å². The van der Waals surface area contributed by atoms with Crippen LogP contribution in [0.1, 0.15) is 45.6 Å². The minimum absolute atomic E-state index is 0. The second-order valence-electron chi connectivity index (χ2n) is 7.67. The van der Waals surface area contributed by atoms with Gasteiger partial charge in [0.15, 0.2) is 5.96 Å². The van der Waals surface area contributed by atoms with Crippen LogP contribution in [-0.4, -0.2) is 56.3 Å². The van der Waals surface area contributed by atoms with Crippen molar-refractivity contribution in [2.75, 3.05) is 33.4 Å². The van der Waals surface area contributed by atoms with Gasteiger partial charge in [0.25, 0.3) is 0 Å². The zero-order valence-corrected chi connectivity index (χ0v) is 21.0. The fourth-order valence-electron chi connectivity index (χ4n) is 3.18. The lowest BCUT2D eigenvalue weighted by molar-refractivity contribution is 0.0963. The highest BCUT2D eigenvalue weighted by molar-refractivity contribution is 14.0. The molecule has 1 aliphatic rings. The first-order valence-electron chi connectivity index (χ1n) is 10.6. The molecule has 0 saturated carbocycles. The Morgan fingerprint density at radius 1 is 1.27 bits per heavy atom. The Hall–Kier alpha value is -1.71. The van der Waals surface area contributed by atoms with Crippen LogP contribution in [0.4, 0.5) is 4.79 Å². The van der Waals surface area contributed by atoms with Crippen molar-refractivity contribution in [2.24, 2.45) is 10.9 Å². The summed E-state index contributed by atoms with van der Waals surface area (Å²) in [5.74, 6) is 2.30. The van der Waals surface area contributed by atoms with Crippen molar-refractivity contribution in [3.8, 4) is 5.75 Å². The molecule has 1 aliphatic heterocycles. The van der Waals surface area contributed by atoms with E-state index < -0.39 is 0 Å². The molecule has 1 saturated heterocycles. The van der Waals surface area contributed by atoms with Gasteiger partial charge in [0.2, 0.25) is 0 Å². The summed E-state index contributed by atoms with van der Waals surface area (Å²) >= 11 is 0. The van der Waals surface area contributed by atoms with Gasteiger partial charge in [-0.15, -0.1) is 24.0 Å². The summed E-state index contributed by atoms with van der Waals surface area (Å²) in [4.78, 5) is 17.9. The number of carbonyl (C=O) groups excluding carboxylic acids is 1. The van der Waals surface area contributed by atoms with Crippen LogP contribution in [0.5, 0.6) is 5.75 Å². The number of aliphatic imine (C=N–C) groups is 1. The Kier molecular flexibility index (Phi) is 12.6. The molecule has 170 valence electrons. The summed E-state index contributed by atoms with van der Waals surface area (Å²) in [5, 5.41) is 6.84. The molecule has 1 heterocycles. The molecule has 1 aromatic carbocycles. The number of piperidine rings is 1. The van der Waals surface area contributed by atoms with Crippen LogP contribution < -0.4 is 15.4 Å². The Balaban J connectivity index is 0.00000450. The number of ether oxygens (including phenoxy) is 2. The van der Waals surface area contributed by atoms with Gasteiger partial charge >= 0.3 is 6.09 Å². The van der Waals surface area contributed by atoms with Crippen molar-refractivity contribution in [1.82, 2.24) is 15.5 Å². The molecule has 30 heavy (non-hydrogen) atoms. The van der Waals surface area contributed by atoms with Crippen molar-refractivity contribution < 1.29 is 14.3 Å². The summed E-state index contributed by atoms with van der Waals surface area (Å²) in [6.07, 6.45) is 2.56. The molecule has 0 aromatic heterocycles. The predicted octanol–water partition coefficient (Wildman–Crippen LogP) is 4.02. The molecular weight excluding hydrogens is 495 g/mol. The monoisotopic (exact) mass is 532 g/mol. The molecule has 0 bridgehead atoms. The molecule has 7 nitrogen and oxygen atoms in total. The van der Waals surface area contributed by atoms with Gasteiger partial charge < -0.3 is 25.0 Å². The first-order chi connectivity index (χ1) is 14.0. The van der Waals surface area contributed by atoms with Gasteiger partial charge in [0, 0.05) is 38.3 Å². The highest BCUT2D eigenvalue weighted by atomic mass is 127. The number of carbonyl (C=O) groups is 1. The van der Waals surface area contributed by atoms with E-state index in [2.05, 4.69) is 35.5 Å². The predicted molar refractivity (Wildman–Crippen MR) is 132 cm³/mol. The van der Waals surface area contributed by atoms with E-state index in [0.717, 1.165) is 43.1 Å². The number of nitrogens with zero attached hydrogens (tertiary/aromatic N) is 2. The highest BCUT2D eigenvalue weighted by Gasteiger charge is 2.24. The third-order valence-corrected chi connectivity index (χ3v) is 4.96. The zero-order chi connectivity index (χ0) is 21.1. The number of halogens is 1. The van der Waals surface area contributed by atoms with Gasteiger partial charge in [-0.05, 0) is 38.2 Å². The molecule has 0 aliphatic carbocycles. The summed E-state index contributed by atoms with van der Waals surface area (Å²) < 4.78 is 11.0. The van der Waals surface area contributed by atoms with Crippen molar-refractivity contribution in [2.45, 2.75) is 52.6 Å². The smallest absolute Gasteiger partial charge is 0.409 e. The quantitative estimate of drug-likeness (QED) is 0.301. The van der Waals surface area contributed by atoms with Crippen molar-refractivity contribution in [3.63, 3.8) is 0 Å². The Morgan fingerprint density at radius 2 is 1.97 bits per heavy atom. The Labute approximate surface area is 198 Å². The minimum atomic E-state index is -0.220. The lowest BCUT2D eigenvalue weighted by atomic mass is 10.1. The van der Waals surface area contributed by atoms with Crippen LogP contribution in [0.25, 0.3) is 0 Å². The van der Waals surface area contributed by atoms with Crippen LogP contribution >= 0.6 is 24.0 Å². The first kappa shape index (κ1) is 26.3. The van der Waals surface area contributed by atoms with Gasteiger partial charge in [-0.1, -0.05) is 32.0 Å². The van der Waals surface area contributed by atoms with E-state index in [9.17, 15) is 4.79 Å². The maximum atomic E-state index is 11.8. The third-order valence-electron chi connectivity index (χ3n) is 4.96. The second-order valence-corrected chi connectivity index (χ2v) is 7.67. The number of rotatable bonds is 8. The van der Waals surface area contributed by atoms with Gasteiger partial charge in [-0.3, -0.25) is 4.99 Å². The Morgan fingerprint density at radius 3 is 2.60 bits per heavy atom. The zero-order valence-electron chi connectivity index (χ0n) is 18.6. The molecule has 1 fully saturated rings. The summed E-state index contributed by atoms with van der Waals surface area (Å²) in [5.41, 5.74) is 1.11. The average molecular weight is 532 g/mol. The normalized spacial score (nSPS) is 14.8. The minimum Gasteiger partial charge on any atom is -0.493 e. The summed E-state index contributed by atoms with van der Waals surface area (Å²) in [6, 6.07) is 8.39.